The molecule has 1 aliphatic heterocycles. The molecule has 0 aliphatic carbocycles. The van der Waals surface area contributed by atoms with Crippen molar-refractivity contribution in [2.75, 3.05) is 6.54 Å². The Morgan fingerprint density at radius 2 is 2.13 bits per heavy atom. The van der Waals surface area contributed by atoms with Crippen LogP contribution in [-0.2, 0) is 6.42 Å². The first-order valence-electron chi connectivity index (χ1n) is 7.55. The van der Waals surface area contributed by atoms with Crippen LogP contribution in [0.1, 0.15) is 33.8 Å². The molecule has 0 fully saturated rings. The average Bonchev–Trinajstić information content (AvgIpc) is 3.03. The van der Waals surface area contributed by atoms with E-state index in [4.69, 9.17) is 4.42 Å². The fourth-order valence-corrected chi connectivity index (χ4v) is 4.12. The number of nitrogens with zero attached hydrogens (tertiary/aromatic N) is 1. The number of fused-ring (bicyclic) bond motifs is 2. The van der Waals surface area contributed by atoms with Gasteiger partial charge in [-0.1, -0.05) is 18.2 Å². The summed E-state index contributed by atoms with van der Waals surface area (Å²) >= 11 is 1.73. The molecule has 0 radical (unpaired) electrons. The summed E-state index contributed by atoms with van der Waals surface area (Å²) in [7, 11) is 0. The highest BCUT2D eigenvalue weighted by molar-refractivity contribution is 7.10. The van der Waals surface area contributed by atoms with Crippen molar-refractivity contribution in [2.24, 2.45) is 0 Å². The van der Waals surface area contributed by atoms with E-state index in [0.717, 1.165) is 11.8 Å². The molecule has 0 N–H and O–H groups in total. The van der Waals surface area contributed by atoms with Gasteiger partial charge in [-0.3, -0.25) is 4.79 Å². The van der Waals surface area contributed by atoms with E-state index in [1.54, 1.807) is 34.4 Å². The third-order valence-electron chi connectivity index (χ3n) is 4.41. The van der Waals surface area contributed by atoms with Crippen molar-refractivity contribution in [2.45, 2.75) is 19.4 Å². The van der Waals surface area contributed by atoms with Gasteiger partial charge in [0.2, 0.25) is 0 Å². The zero-order chi connectivity index (χ0) is 16.0. The highest BCUT2D eigenvalue weighted by Gasteiger charge is 2.30. The van der Waals surface area contributed by atoms with Gasteiger partial charge >= 0.3 is 5.63 Å². The van der Waals surface area contributed by atoms with Gasteiger partial charge in [0.25, 0.3) is 5.91 Å². The van der Waals surface area contributed by atoms with Gasteiger partial charge in [-0.05, 0) is 42.5 Å². The Morgan fingerprint density at radius 3 is 3.00 bits per heavy atom. The van der Waals surface area contributed by atoms with Crippen LogP contribution >= 0.6 is 11.3 Å². The van der Waals surface area contributed by atoms with E-state index in [9.17, 15) is 9.59 Å². The molecule has 1 atom stereocenters. The summed E-state index contributed by atoms with van der Waals surface area (Å²) in [6, 6.07) is 10.9. The fourth-order valence-electron chi connectivity index (χ4n) is 3.15. The first-order valence-corrected chi connectivity index (χ1v) is 8.43. The fraction of sp³-hybridized carbons (Fsp3) is 0.222. The molecule has 0 spiro atoms. The van der Waals surface area contributed by atoms with Gasteiger partial charge in [0.15, 0.2) is 0 Å². The molecule has 2 aromatic heterocycles. The lowest BCUT2D eigenvalue weighted by molar-refractivity contribution is 0.0675. The molecule has 5 heteroatoms. The summed E-state index contributed by atoms with van der Waals surface area (Å²) in [4.78, 5) is 28.2. The third kappa shape index (κ3) is 2.28. The number of hydrogen-bond acceptors (Lipinski definition) is 4. The molecule has 23 heavy (non-hydrogen) atoms. The second kappa shape index (κ2) is 5.35. The van der Waals surface area contributed by atoms with Crippen molar-refractivity contribution in [1.29, 1.82) is 0 Å². The van der Waals surface area contributed by atoms with Crippen LogP contribution in [0.5, 0.6) is 0 Å². The maximum atomic E-state index is 12.9. The van der Waals surface area contributed by atoms with Crippen LogP contribution in [0.2, 0.25) is 0 Å². The van der Waals surface area contributed by atoms with Gasteiger partial charge in [-0.25, -0.2) is 4.79 Å². The molecule has 1 aliphatic rings. The van der Waals surface area contributed by atoms with Crippen molar-refractivity contribution < 1.29 is 9.21 Å². The minimum absolute atomic E-state index is 0.0247. The SMILES string of the molecule is C[C@@H]1c2ccsc2CCN1C(=O)c1cc2ccccc2oc1=O. The van der Waals surface area contributed by atoms with E-state index < -0.39 is 5.63 Å². The van der Waals surface area contributed by atoms with E-state index in [1.807, 2.05) is 19.1 Å². The second-order valence-corrected chi connectivity index (χ2v) is 6.71. The summed E-state index contributed by atoms with van der Waals surface area (Å²) in [6.07, 6.45) is 0.835. The van der Waals surface area contributed by atoms with Crippen LogP contribution in [-0.4, -0.2) is 17.4 Å². The van der Waals surface area contributed by atoms with Gasteiger partial charge in [0.05, 0.1) is 6.04 Å². The minimum atomic E-state index is -0.572. The quantitative estimate of drug-likeness (QED) is 0.642. The number of thiophene rings is 1. The van der Waals surface area contributed by atoms with Gasteiger partial charge in [0, 0.05) is 16.8 Å². The van der Waals surface area contributed by atoms with Crippen LogP contribution in [0.25, 0.3) is 11.0 Å². The normalized spacial score (nSPS) is 17.3. The predicted octanol–water partition coefficient (Wildman–Crippen LogP) is 3.61. The molecule has 0 bridgehead atoms. The van der Waals surface area contributed by atoms with Crippen molar-refractivity contribution in [3.05, 3.63) is 68.2 Å². The number of rotatable bonds is 1. The number of carbonyl (C=O) groups is 1. The molecule has 4 rings (SSSR count). The first-order chi connectivity index (χ1) is 11.1. The third-order valence-corrected chi connectivity index (χ3v) is 5.41. The van der Waals surface area contributed by atoms with Crippen LogP contribution in [0.3, 0.4) is 0 Å². The first kappa shape index (κ1) is 14.2. The number of para-hydroxylation sites is 1. The number of hydrogen-bond donors (Lipinski definition) is 0. The standard InChI is InChI=1S/C18H15NO3S/c1-11-13-7-9-23-16(13)6-8-19(11)17(20)14-10-12-4-2-3-5-15(12)22-18(14)21/h2-5,7,9-11H,6,8H2,1H3/t11-/m1/s1. The van der Waals surface area contributed by atoms with Crippen molar-refractivity contribution in [1.82, 2.24) is 4.90 Å². The predicted molar refractivity (Wildman–Crippen MR) is 90.0 cm³/mol. The summed E-state index contributed by atoms with van der Waals surface area (Å²) in [5.74, 6) is -0.256. The zero-order valence-corrected chi connectivity index (χ0v) is 13.4. The summed E-state index contributed by atoms with van der Waals surface area (Å²) in [5.41, 5.74) is 1.21. The molecule has 116 valence electrons. The maximum Gasteiger partial charge on any atom is 0.349 e. The summed E-state index contributed by atoms with van der Waals surface area (Å²) < 4.78 is 5.29. The Hall–Kier alpha value is -2.40. The Labute approximate surface area is 137 Å². The largest absolute Gasteiger partial charge is 0.422 e. The van der Waals surface area contributed by atoms with Gasteiger partial charge < -0.3 is 9.32 Å². The second-order valence-electron chi connectivity index (χ2n) is 5.71. The van der Waals surface area contributed by atoms with E-state index in [-0.39, 0.29) is 17.5 Å². The molecular weight excluding hydrogens is 310 g/mol. The molecule has 3 heterocycles. The summed E-state index contributed by atoms with van der Waals surface area (Å²) in [5, 5.41) is 2.82. The molecule has 0 saturated heterocycles. The van der Waals surface area contributed by atoms with Crippen LogP contribution in [0.15, 0.2) is 51.0 Å². The monoisotopic (exact) mass is 325 g/mol. The van der Waals surface area contributed by atoms with E-state index >= 15 is 0 Å². The Bertz CT molecular complexity index is 956. The number of carbonyl (C=O) groups excluding carboxylic acids is 1. The molecule has 3 aromatic rings. The number of amides is 1. The van der Waals surface area contributed by atoms with Crippen LogP contribution < -0.4 is 5.63 Å². The lowest BCUT2D eigenvalue weighted by atomic mass is 10.0. The molecule has 4 nitrogen and oxygen atoms in total. The molecule has 0 unspecified atom stereocenters. The van der Waals surface area contributed by atoms with Crippen LogP contribution in [0.4, 0.5) is 0 Å². The van der Waals surface area contributed by atoms with Gasteiger partial charge in [-0.2, -0.15) is 0 Å². The van der Waals surface area contributed by atoms with E-state index in [0.29, 0.717) is 12.1 Å². The Kier molecular flexibility index (Phi) is 3.31. The zero-order valence-electron chi connectivity index (χ0n) is 12.6. The lowest BCUT2D eigenvalue weighted by Gasteiger charge is -2.33. The Morgan fingerprint density at radius 1 is 1.30 bits per heavy atom. The highest BCUT2D eigenvalue weighted by atomic mass is 32.1. The van der Waals surface area contributed by atoms with E-state index in [2.05, 4.69) is 11.4 Å². The smallest absolute Gasteiger partial charge is 0.349 e. The lowest BCUT2D eigenvalue weighted by Crippen LogP contribution is -2.40. The van der Waals surface area contributed by atoms with Gasteiger partial charge in [0.1, 0.15) is 11.1 Å². The molecule has 1 amide bonds. The summed E-state index contributed by atoms with van der Waals surface area (Å²) in [6.45, 7) is 2.63. The molecular formula is C18H15NO3S. The Balaban J connectivity index is 1.75. The highest BCUT2D eigenvalue weighted by Crippen LogP contribution is 2.33. The minimum Gasteiger partial charge on any atom is -0.422 e. The molecule has 0 saturated carbocycles. The average molecular weight is 325 g/mol. The number of benzene rings is 1. The van der Waals surface area contributed by atoms with Crippen molar-refractivity contribution in [3.8, 4) is 0 Å². The van der Waals surface area contributed by atoms with Crippen LogP contribution in [0, 0.1) is 0 Å². The van der Waals surface area contributed by atoms with E-state index in [1.165, 1.54) is 10.4 Å². The molecule has 1 aromatic carbocycles. The maximum absolute atomic E-state index is 12.9. The van der Waals surface area contributed by atoms with Gasteiger partial charge in [-0.15, -0.1) is 11.3 Å². The van der Waals surface area contributed by atoms with Crippen molar-refractivity contribution in [3.63, 3.8) is 0 Å². The van der Waals surface area contributed by atoms with Crippen molar-refractivity contribution >= 4 is 28.2 Å². The topological polar surface area (TPSA) is 50.5 Å².